The van der Waals surface area contributed by atoms with Crippen LogP contribution in [0.1, 0.15) is 49.9 Å². The first kappa shape index (κ1) is 20.9. The van der Waals surface area contributed by atoms with Gasteiger partial charge in [0.2, 0.25) is 0 Å². The molecule has 1 aliphatic rings. The largest absolute Gasteiger partial charge is 0.322 e. The average molecular weight is 518 g/mol. The first-order chi connectivity index (χ1) is 12.7. The zero-order chi connectivity index (χ0) is 19.6. The quantitative estimate of drug-likeness (QED) is 0.428. The second-order valence-electron chi connectivity index (χ2n) is 7.73. The van der Waals surface area contributed by atoms with E-state index in [2.05, 4.69) is 41.8 Å². The summed E-state index contributed by atoms with van der Waals surface area (Å²) in [5.74, 6) is -0.724. The number of thioether (sulfide) groups is 1. The molecule has 6 heteroatoms. The van der Waals surface area contributed by atoms with Crippen molar-refractivity contribution in [1.82, 2.24) is 0 Å². The second-order valence-corrected chi connectivity index (χ2v) is 10.6. The van der Waals surface area contributed by atoms with E-state index in [1.807, 2.05) is 30.0 Å². The molecule has 1 aliphatic carbocycles. The lowest BCUT2D eigenvalue weighted by molar-refractivity contribution is 0.102. The van der Waals surface area contributed by atoms with Crippen LogP contribution in [0.15, 0.2) is 41.3 Å². The number of benzene rings is 2. The summed E-state index contributed by atoms with van der Waals surface area (Å²) in [6.45, 7) is 4.67. The van der Waals surface area contributed by atoms with Gasteiger partial charge in [-0.2, -0.15) is 0 Å². The van der Waals surface area contributed by atoms with Crippen molar-refractivity contribution in [2.45, 2.75) is 49.7 Å². The Labute approximate surface area is 182 Å². The van der Waals surface area contributed by atoms with E-state index in [0.717, 1.165) is 8.47 Å². The van der Waals surface area contributed by atoms with Crippen LogP contribution in [0.25, 0.3) is 0 Å². The summed E-state index contributed by atoms with van der Waals surface area (Å²) in [5, 5.41) is 3.36. The van der Waals surface area contributed by atoms with Gasteiger partial charge in [-0.25, -0.2) is 4.39 Å². The maximum absolute atomic E-state index is 13.3. The average Bonchev–Trinajstić information content (AvgIpc) is 2.59. The highest BCUT2D eigenvalue weighted by Crippen LogP contribution is 2.43. The molecule has 0 radical (unpaired) electrons. The standard InChI is InChI=1S/C21H22ClFINOS/c1-21(2)9-3-4-15(12-21)27-19-10-13(5-8-18(19)24)20(26)25-14-6-7-17(23)16(22)11-14/h5-8,10-11,15H,3-4,9,12H2,1-2H3,(H,25,26). The van der Waals surface area contributed by atoms with Crippen LogP contribution in [0.2, 0.25) is 5.02 Å². The Morgan fingerprint density at radius 2 is 2.07 bits per heavy atom. The van der Waals surface area contributed by atoms with Crippen LogP contribution >= 0.6 is 46.0 Å². The van der Waals surface area contributed by atoms with E-state index in [1.54, 1.807) is 0 Å². The minimum absolute atomic E-state index is 0.00781. The molecular formula is C21H22ClFINOS. The fraction of sp³-hybridized carbons (Fsp3) is 0.381. The first-order valence-corrected chi connectivity index (χ1v) is 11.3. The van der Waals surface area contributed by atoms with E-state index in [4.69, 9.17) is 11.6 Å². The van der Waals surface area contributed by atoms with Gasteiger partial charge in [-0.15, -0.1) is 11.8 Å². The Kier molecular flexibility index (Phi) is 6.75. The molecular weight excluding hydrogens is 496 g/mol. The van der Waals surface area contributed by atoms with Crippen LogP contribution in [0, 0.1) is 14.8 Å². The van der Waals surface area contributed by atoms with Gasteiger partial charge < -0.3 is 5.32 Å². The van der Waals surface area contributed by atoms with Crippen molar-refractivity contribution in [2.24, 2.45) is 5.41 Å². The number of rotatable bonds is 4. The fourth-order valence-electron chi connectivity index (χ4n) is 3.42. The van der Waals surface area contributed by atoms with Crippen LogP contribution in [0.3, 0.4) is 0 Å². The number of nitrogens with one attached hydrogen (secondary N) is 1. The number of carbonyl (C=O) groups is 1. The van der Waals surface area contributed by atoms with E-state index < -0.39 is 5.82 Å². The summed E-state index contributed by atoms with van der Waals surface area (Å²) in [5.41, 5.74) is 1.46. The van der Waals surface area contributed by atoms with Gasteiger partial charge in [0.25, 0.3) is 5.91 Å². The number of anilines is 1. The van der Waals surface area contributed by atoms with E-state index in [1.165, 1.54) is 43.9 Å². The highest BCUT2D eigenvalue weighted by Gasteiger charge is 2.29. The van der Waals surface area contributed by atoms with Gasteiger partial charge in [-0.05, 0) is 83.7 Å². The van der Waals surface area contributed by atoms with Crippen LogP contribution in [0.4, 0.5) is 10.1 Å². The third kappa shape index (κ3) is 5.61. The Morgan fingerprint density at radius 1 is 1.30 bits per heavy atom. The van der Waals surface area contributed by atoms with Crippen molar-refractivity contribution >= 4 is 57.5 Å². The molecule has 1 saturated carbocycles. The molecule has 0 saturated heterocycles. The summed E-state index contributed by atoms with van der Waals surface area (Å²) in [6, 6.07) is 9.92. The fourth-order valence-corrected chi connectivity index (χ4v) is 5.87. The van der Waals surface area contributed by atoms with E-state index in [-0.39, 0.29) is 10.9 Å². The van der Waals surface area contributed by atoms with Gasteiger partial charge in [0.15, 0.2) is 0 Å². The van der Waals surface area contributed by atoms with Gasteiger partial charge in [-0.1, -0.05) is 31.9 Å². The molecule has 0 spiro atoms. The topological polar surface area (TPSA) is 29.1 Å². The van der Waals surface area contributed by atoms with Gasteiger partial charge >= 0.3 is 0 Å². The Hall–Kier alpha value is -0.790. The number of hydrogen-bond donors (Lipinski definition) is 1. The van der Waals surface area contributed by atoms with Gasteiger partial charge in [0, 0.05) is 25.0 Å². The number of halogens is 3. The van der Waals surface area contributed by atoms with Crippen molar-refractivity contribution in [3.63, 3.8) is 0 Å². The second kappa shape index (κ2) is 8.70. The van der Waals surface area contributed by atoms with Crippen molar-refractivity contribution in [3.8, 4) is 0 Å². The lowest BCUT2D eigenvalue weighted by atomic mass is 9.77. The molecule has 0 bridgehead atoms. The highest BCUT2D eigenvalue weighted by molar-refractivity contribution is 14.1. The number of hydrogen-bond acceptors (Lipinski definition) is 2. The number of amides is 1. The molecule has 2 nitrogen and oxygen atoms in total. The summed E-state index contributed by atoms with van der Waals surface area (Å²) in [7, 11) is 0. The van der Waals surface area contributed by atoms with E-state index in [0.29, 0.717) is 21.9 Å². The maximum atomic E-state index is 13.3. The van der Waals surface area contributed by atoms with Crippen LogP contribution in [-0.4, -0.2) is 11.2 Å². The Bertz CT molecular complexity index is 858. The summed E-state index contributed by atoms with van der Waals surface area (Å²) in [6.07, 6.45) is 4.95. The lowest BCUT2D eigenvalue weighted by Gasteiger charge is -2.35. The van der Waals surface area contributed by atoms with Crippen molar-refractivity contribution < 1.29 is 9.18 Å². The van der Waals surface area contributed by atoms with Gasteiger partial charge in [0.05, 0.1) is 5.02 Å². The molecule has 27 heavy (non-hydrogen) atoms. The maximum Gasteiger partial charge on any atom is 0.255 e. The monoisotopic (exact) mass is 517 g/mol. The predicted octanol–water partition coefficient (Wildman–Crippen LogP) is 7.40. The molecule has 0 aromatic heterocycles. The lowest BCUT2D eigenvalue weighted by Crippen LogP contribution is -2.24. The molecule has 3 rings (SSSR count). The summed E-state index contributed by atoms with van der Waals surface area (Å²) >= 11 is 9.99. The SMILES string of the molecule is CC1(C)CCCC(Sc2cc(C(=O)Nc3ccc(F)c(Cl)c3)ccc2I)C1. The van der Waals surface area contributed by atoms with Crippen LogP contribution in [0.5, 0.6) is 0 Å². The summed E-state index contributed by atoms with van der Waals surface area (Å²) in [4.78, 5) is 13.8. The van der Waals surface area contributed by atoms with Crippen molar-refractivity contribution in [1.29, 1.82) is 0 Å². The third-order valence-electron chi connectivity index (χ3n) is 4.82. The first-order valence-electron chi connectivity index (χ1n) is 8.96. The molecule has 1 N–H and O–H groups in total. The van der Waals surface area contributed by atoms with Crippen LogP contribution < -0.4 is 5.32 Å². The normalized spacial score (nSPS) is 18.9. The zero-order valence-electron chi connectivity index (χ0n) is 15.3. The molecule has 1 atom stereocenters. The molecule has 2 aromatic carbocycles. The summed E-state index contributed by atoms with van der Waals surface area (Å²) < 4.78 is 14.4. The highest BCUT2D eigenvalue weighted by atomic mass is 127. The smallest absolute Gasteiger partial charge is 0.255 e. The van der Waals surface area contributed by atoms with Crippen molar-refractivity contribution in [2.75, 3.05) is 5.32 Å². The third-order valence-corrected chi connectivity index (χ3v) is 7.75. The molecule has 0 heterocycles. The molecule has 1 amide bonds. The molecule has 144 valence electrons. The Morgan fingerprint density at radius 3 is 2.78 bits per heavy atom. The minimum Gasteiger partial charge on any atom is -0.322 e. The number of carbonyl (C=O) groups excluding carboxylic acids is 1. The molecule has 1 unspecified atom stereocenters. The van der Waals surface area contributed by atoms with Gasteiger partial charge in [0.1, 0.15) is 5.82 Å². The molecule has 2 aromatic rings. The predicted molar refractivity (Wildman–Crippen MR) is 120 cm³/mol. The zero-order valence-corrected chi connectivity index (χ0v) is 19.1. The van der Waals surface area contributed by atoms with E-state index >= 15 is 0 Å². The minimum atomic E-state index is -0.502. The van der Waals surface area contributed by atoms with Crippen LogP contribution in [-0.2, 0) is 0 Å². The molecule has 1 fully saturated rings. The molecule has 0 aliphatic heterocycles. The van der Waals surface area contributed by atoms with Gasteiger partial charge in [-0.3, -0.25) is 4.79 Å². The Balaban J connectivity index is 1.74. The van der Waals surface area contributed by atoms with E-state index in [9.17, 15) is 9.18 Å². The van der Waals surface area contributed by atoms with Crippen molar-refractivity contribution in [3.05, 3.63) is 56.4 Å².